The number of rotatable bonds is 3. The molecule has 0 aliphatic rings. The Morgan fingerprint density at radius 1 is 1.36 bits per heavy atom. The Bertz CT molecular complexity index is 400. The van der Waals surface area contributed by atoms with Crippen molar-refractivity contribution in [3.63, 3.8) is 0 Å². The first-order valence-electron chi connectivity index (χ1n) is 4.22. The van der Waals surface area contributed by atoms with Crippen molar-refractivity contribution in [1.29, 1.82) is 0 Å². The number of oxazole rings is 1. The summed E-state index contributed by atoms with van der Waals surface area (Å²) in [6, 6.07) is 7.94. The van der Waals surface area contributed by atoms with Crippen molar-refractivity contribution in [2.24, 2.45) is 0 Å². The second-order valence-corrected chi connectivity index (χ2v) is 3.66. The lowest BCUT2D eigenvalue weighted by molar-refractivity contribution is 0.511. The molecule has 0 aliphatic heterocycles. The molecule has 3 nitrogen and oxygen atoms in total. The molecule has 2 rings (SSSR count). The van der Waals surface area contributed by atoms with Gasteiger partial charge in [-0.1, -0.05) is 12.1 Å². The molecule has 0 saturated carbocycles. The van der Waals surface area contributed by atoms with Crippen molar-refractivity contribution in [3.05, 3.63) is 47.1 Å². The Labute approximate surface area is 90.3 Å². The fraction of sp³-hybridized carbons (Fsp3) is 0.100. The van der Waals surface area contributed by atoms with Gasteiger partial charge in [0.1, 0.15) is 5.76 Å². The molecule has 1 aromatic heterocycles. The standard InChI is InChI=1S/C10H9BrN2O/c11-9-3-1-2-4-10(9)13-6-8-5-12-7-14-8/h1-5,7,13H,6H2. The smallest absolute Gasteiger partial charge is 0.180 e. The van der Waals surface area contributed by atoms with E-state index in [9.17, 15) is 0 Å². The first kappa shape index (κ1) is 9.27. The maximum absolute atomic E-state index is 5.11. The Morgan fingerprint density at radius 3 is 2.93 bits per heavy atom. The number of para-hydroxylation sites is 1. The van der Waals surface area contributed by atoms with Gasteiger partial charge in [0.05, 0.1) is 12.7 Å². The highest BCUT2D eigenvalue weighted by Crippen LogP contribution is 2.21. The minimum Gasteiger partial charge on any atom is -0.447 e. The van der Waals surface area contributed by atoms with Gasteiger partial charge in [-0.2, -0.15) is 0 Å². The SMILES string of the molecule is Brc1ccccc1NCc1cnco1. The minimum atomic E-state index is 0.641. The number of aromatic nitrogens is 1. The second kappa shape index (κ2) is 4.28. The van der Waals surface area contributed by atoms with Gasteiger partial charge in [-0.05, 0) is 28.1 Å². The van der Waals surface area contributed by atoms with Crippen molar-refractivity contribution in [2.45, 2.75) is 6.54 Å². The van der Waals surface area contributed by atoms with E-state index in [1.54, 1.807) is 6.20 Å². The van der Waals surface area contributed by atoms with E-state index in [2.05, 4.69) is 26.2 Å². The van der Waals surface area contributed by atoms with Crippen LogP contribution in [0.4, 0.5) is 5.69 Å². The van der Waals surface area contributed by atoms with E-state index in [0.717, 1.165) is 15.9 Å². The average molecular weight is 253 g/mol. The van der Waals surface area contributed by atoms with Crippen molar-refractivity contribution in [3.8, 4) is 0 Å². The van der Waals surface area contributed by atoms with Crippen LogP contribution in [0.25, 0.3) is 0 Å². The van der Waals surface area contributed by atoms with Gasteiger partial charge in [-0.15, -0.1) is 0 Å². The zero-order chi connectivity index (χ0) is 9.80. The molecule has 1 aromatic carbocycles. The lowest BCUT2D eigenvalue weighted by Crippen LogP contribution is -1.98. The Balaban J connectivity index is 2.02. The van der Waals surface area contributed by atoms with E-state index in [1.807, 2.05) is 24.3 Å². The number of hydrogen-bond donors (Lipinski definition) is 1. The summed E-state index contributed by atoms with van der Waals surface area (Å²) in [4.78, 5) is 3.84. The first-order valence-corrected chi connectivity index (χ1v) is 5.01. The molecular formula is C10H9BrN2O. The average Bonchev–Trinajstić information content (AvgIpc) is 2.69. The highest BCUT2D eigenvalue weighted by atomic mass is 79.9. The van der Waals surface area contributed by atoms with Crippen LogP contribution >= 0.6 is 15.9 Å². The van der Waals surface area contributed by atoms with Crippen LogP contribution in [0.1, 0.15) is 5.76 Å². The highest BCUT2D eigenvalue weighted by Gasteiger charge is 1.99. The van der Waals surface area contributed by atoms with Gasteiger partial charge in [0.15, 0.2) is 6.39 Å². The summed E-state index contributed by atoms with van der Waals surface area (Å²) >= 11 is 3.45. The summed E-state index contributed by atoms with van der Waals surface area (Å²) in [6.07, 6.45) is 3.13. The van der Waals surface area contributed by atoms with E-state index in [1.165, 1.54) is 6.39 Å². The zero-order valence-electron chi connectivity index (χ0n) is 7.40. The zero-order valence-corrected chi connectivity index (χ0v) is 8.99. The number of nitrogens with zero attached hydrogens (tertiary/aromatic N) is 1. The van der Waals surface area contributed by atoms with Crippen molar-refractivity contribution in [1.82, 2.24) is 4.98 Å². The maximum atomic E-state index is 5.11. The molecule has 0 amide bonds. The van der Waals surface area contributed by atoms with E-state index < -0.39 is 0 Å². The summed E-state index contributed by atoms with van der Waals surface area (Å²) in [5, 5.41) is 3.23. The molecule has 0 bridgehead atoms. The fourth-order valence-corrected chi connectivity index (χ4v) is 1.54. The summed E-state index contributed by atoms with van der Waals surface area (Å²) in [7, 11) is 0. The summed E-state index contributed by atoms with van der Waals surface area (Å²) in [6.45, 7) is 0.641. The second-order valence-electron chi connectivity index (χ2n) is 2.80. The predicted molar refractivity (Wildman–Crippen MR) is 58.0 cm³/mol. The van der Waals surface area contributed by atoms with E-state index in [0.29, 0.717) is 6.54 Å². The third-order valence-corrected chi connectivity index (χ3v) is 2.50. The summed E-state index contributed by atoms with van der Waals surface area (Å²) in [5.41, 5.74) is 1.05. The predicted octanol–water partition coefficient (Wildman–Crippen LogP) is 3.05. The van der Waals surface area contributed by atoms with Gasteiger partial charge in [0, 0.05) is 10.2 Å². The molecule has 72 valence electrons. The van der Waals surface area contributed by atoms with Crippen LogP contribution < -0.4 is 5.32 Å². The largest absolute Gasteiger partial charge is 0.447 e. The maximum Gasteiger partial charge on any atom is 0.180 e. The molecule has 0 atom stereocenters. The lowest BCUT2D eigenvalue weighted by Gasteiger charge is -2.05. The number of anilines is 1. The molecule has 1 heterocycles. The van der Waals surface area contributed by atoms with E-state index >= 15 is 0 Å². The van der Waals surface area contributed by atoms with Gasteiger partial charge in [0.25, 0.3) is 0 Å². The Hall–Kier alpha value is -1.29. The van der Waals surface area contributed by atoms with Gasteiger partial charge in [-0.3, -0.25) is 0 Å². The van der Waals surface area contributed by atoms with Gasteiger partial charge >= 0.3 is 0 Å². The van der Waals surface area contributed by atoms with Crippen LogP contribution in [0.2, 0.25) is 0 Å². The molecule has 14 heavy (non-hydrogen) atoms. The molecule has 4 heteroatoms. The molecule has 0 fully saturated rings. The molecule has 2 aromatic rings. The number of halogens is 1. The van der Waals surface area contributed by atoms with Crippen LogP contribution in [-0.2, 0) is 6.54 Å². The molecule has 1 N–H and O–H groups in total. The Kier molecular flexibility index (Phi) is 2.84. The number of hydrogen-bond acceptors (Lipinski definition) is 3. The highest BCUT2D eigenvalue weighted by molar-refractivity contribution is 9.10. The van der Waals surface area contributed by atoms with E-state index in [4.69, 9.17) is 4.42 Å². The fourth-order valence-electron chi connectivity index (χ4n) is 1.12. The van der Waals surface area contributed by atoms with Gasteiger partial charge in [-0.25, -0.2) is 4.98 Å². The molecule has 0 spiro atoms. The number of benzene rings is 1. The number of nitrogens with one attached hydrogen (secondary N) is 1. The van der Waals surface area contributed by atoms with E-state index in [-0.39, 0.29) is 0 Å². The first-order chi connectivity index (χ1) is 6.86. The monoisotopic (exact) mass is 252 g/mol. The summed E-state index contributed by atoms with van der Waals surface area (Å²) in [5.74, 6) is 0.820. The molecule has 0 radical (unpaired) electrons. The van der Waals surface area contributed by atoms with Crippen molar-refractivity contribution >= 4 is 21.6 Å². The van der Waals surface area contributed by atoms with Crippen molar-refractivity contribution < 1.29 is 4.42 Å². The Morgan fingerprint density at radius 2 is 2.21 bits per heavy atom. The quantitative estimate of drug-likeness (QED) is 0.913. The summed E-state index contributed by atoms with van der Waals surface area (Å²) < 4.78 is 6.15. The molecule has 0 unspecified atom stereocenters. The molecular weight excluding hydrogens is 244 g/mol. The van der Waals surface area contributed by atoms with Crippen LogP contribution in [0.3, 0.4) is 0 Å². The molecule has 0 aliphatic carbocycles. The van der Waals surface area contributed by atoms with Crippen LogP contribution in [0.15, 0.2) is 45.7 Å². The molecule has 0 saturated heterocycles. The third-order valence-electron chi connectivity index (χ3n) is 1.81. The van der Waals surface area contributed by atoms with Gasteiger partial charge in [0.2, 0.25) is 0 Å². The van der Waals surface area contributed by atoms with Crippen molar-refractivity contribution in [2.75, 3.05) is 5.32 Å². The van der Waals surface area contributed by atoms with Gasteiger partial charge < -0.3 is 9.73 Å². The lowest BCUT2D eigenvalue weighted by atomic mass is 10.3. The van der Waals surface area contributed by atoms with Crippen LogP contribution in [0.5, 0.6) is 0 Å². The minimum absolute atomic E-state index is 0.641. The van der Waals surface area contributed by atoms with Crippen LogP contribution in [0, 0.1) is 0 Å². The normalized spacial score (nSPS) is 10.1. The third kappa shape index (κ3) is 2.14. The topological polar surface area (TPSA) is 38.1 Å². The van der Waals surface area contributed by atoms with Crippen LogP contribution in [-0.4, -0.2) is 4.98 Å².